The summed E-state index contributed by atoms with van der Waals surface area (Å²) < 4.78 is 3.02. The number of pyridine rings is 1. The van der Waals surface area contributed by atoms with Crippen molar-refractivity contribution in [1.29, 1.82) is 5.26 Å². The van der Waals surface area contributed by atoms with Crippen molar-refractivity contribution >= 4 is 21.6 Å². The van der Waals surface area contributed by atoms with Crippen LogP contribution in [0.5, 0.6) is 0 Å². The van der Waals surface area contributed by atoms with Crippen molar-refractivity contribution in [3.8, 4) is 17.3 Å². The lowest BCUT2D eigenvalue weighted by Gasteiger charge is -2.08. The minimum atomic E-state index is 0.660. The zero-order valence-electron chi connectivity index (χ0n) is 9.34. The second-order valence-electron chi connectivity index (χ2n) is 3.87. The molecule has 0 radical (unpaired) electrons. The summed E-state index contributed by atoms with van der Waals surface area (Å²) >= 11 is 3.56. The van der Waals surface area contributed by atoms with Crippen LogP contribution in [-0.4, -0.2) is 9.38 Å². The fourth-order valence-electron chi connectivity index (χ4n) is 1.95. The lowest BCUT2D eigenvalue weighted by molar-refractivity contribution is 1.18. The Morgan fingerprint density at radius 1 is 1.11 bits per heavy atom. The summed E-state index contributed by atoms with van der Waals surface area (Å²) in [5, 5.41) is 8.82. The first-order valence-electron chi connectivity index (χ1n) is 5.42. The third kappa shape index (κ3) is 1.69. The Kier molecular flexibility index (Phi) is 2.62. The fraction of sp³-hybridized carbons (Fsp3) is 0. The standard InChI is InChI=1S/C14H8BrN3/c15-12-5-6-13-17-7-8-18(13)14(12)11-3-1-10(9-16)2-4-11/h1-8H. The molecule has 0 N–H and O–H groups in total. The molecule has 2 heterocycles. The van der Waals surface area contributed by atoms with Crippen LogP contribution < -0.4 is 0 Å². The number of rotatable bonds is 1. The quantitative estimate of drug-likeness (QED) is 0.688. The lowest BCUT2D eigenvalue weighted by Crippen LogP contribution is -1.92. The highest BCUT2D eigenvalue weighted by molar-refractivity contribution is 9.10. The Hall–Kier alpha value is -2.12. The van der Waals surface area contributed by atoms with Gasteiger partial charge in [-0.1, -0.05) is 12.1 Å². The summed E-state index contributed by atoms with van der Waals surface area (Å²) in [6.07, 6.45) is 3.70. The largest absolute Gasteiger partial charge is 0.299 e. The van der Waals surface area contributed by atoms with Crippen molar-refractivity contribution in [1.82, 2.24) is 9.38 Å². The number of hydrogen-bond donors (Lipinski definition) is 0. The Balaban J connectivity index is 2.27. The van der Waals surface area contributed by atoms with Gasteiger partial charge < -0.3 is 0 Å². The monoisotopic (exact) mass is 297 g/mol. The first kappa shape index (κ1) is 11.0. The van der Waals surface area contributed by atoms with E-state index in [0.29, 0.717) is 5.56 Å². The van der Waals surface area contributed by atoms with Crippen LogP contribution in [0.3, 0.4) is 0 Å². The number of benzene rings is 1. The van der Waals surface area contributed by atoms with Crippen molar-refractivity contribution < 1.29 is 0 Å². The van der Waals surface area contributed by atoms with E-state index in [2.05, 4.69) is 27.0 Å². The first-order valence-corrected chi connectivity index (χ1v) is 6.21. The molecule has 0 fully saturated rings. The van der Waals surface area contributed by atoms with Gasteiger partial charge in [-0.05, 0) is 45.8 Å². The number of aromatic nitrogens is 2. The van der Waals surface area contributed by atoms with Gasteiger partial charge in [-0.15, -0.1) is 0 Å². The van der Waals surface area contributed by atoms with E-state index in [0.717, 1.165) is 21.4 Å². The van der Waals surface area contributed by atoms with Crippen LogP contribution in [0.1, 0.15) is 5.56 Å². The van der Waals surface area contributed by atoms with Crippen LogP contribution in [0.15, 0.2) is 53.3 Å². The SMILES string of the molecule is N#Cc1ccc(-c2c(Br)ccc3nccn23)cc1. The predicted molar refractivity (Wildman–Crippen MR) is 73.0 cm³/mol. The Morgan fingerprint density at radius 3 is 2.61 bits per heavy atom. The van der Waals surface area contributed by atoms with Crippen LogP contribution in [-0.2, 0) is 0 Å². The van der Waals surface area contributed by atoms with Crippen LogP contribution >= 0.6 is 15.9 Å². The maximum atomic E-state index is 8.82. The normalized spacial score (nSPS) is 10.4. The van der Waals surface area contributed by atoms with Gasteiger partial charge in [-0.2, -0.15) is 5.26 Å². The molecule has 0 saturated heterocycles. The van der Waals surface area contributed by atoms with Crippen LogP contribution in [0.2, 0.25) is 0 Å². The smallest absolute Gasteiger partial charge is 0.137 e. The molecule has 0 aliphatic carbocycles. The van der Waals surface area contributed by atoms with Crippen molar-refractivity contribution in [3.05, 3.63) is 58.8 Å². The fourth-order valence-corrected chi connectivity index (χ4v) is 2.50. The van der Waals surface area contributed by atoms with E-state index >= 15 is 0 Å². The van der Waals surface area contributed by atoms with Crippen molar-refractivity contribution in [2.45, 2.75) is 0 Å². The summed E-state index contributed by atoms with van der Waals surface area (Å²) in [4.78, 5) is 4.27. The van der Waals surface area contributed by atoms with Crippen molar-refractivity contribution in [3.63, 3.8) is 0 Å². The van der Waals surface area contributed by atoms with E-state index in [1.165, 1.54) is 0 Å². The summed E-state index contributed by atoms with van der Waals surface area (Å²) in [6, 6.07) is 13.6. The third-order valence-corrected chi connectivity index (χ3v) is 3.44. The van der Waals surface area contributed by atoms with Gasteiger partial charge in [-0.3, -0.25) is 4.40 Å². The highest BCUT2D eigenvalue weighted by Crippen LogP contribution is 2.29. The van der Waals surface area contributed by atoms with Crippen molar-refractivity contribution in [2.75, 3.05) is 0 Å². The number of fused-ring (bicyclic) bond motifs is 1. The van der Waals surface area contributed by atoms with Crippen LogP contribution in [0.4, 0.5) is 0 Å². The van der Waals surface area contributed by atoms with Crippen molar-refractivity contribution in [2.24, 2.45) is 0 Å². The molecule has 0 aliphatic heterocycles. The molecule has 0 unspecified atom stereocenters. The average molecular weight is 298 g/mol. The van der Waals surface area contributed by atoms with Crippen LogP contribution in [0.25, 0.3) is 16.9 Å². The maximum absolute atomic E-state index is 8.82. The molecule has 1 aromatic carbocycles. The Morgan fingerprint density at radius 2 is 1.89 bits per heavy atom. The Labute approximate surface area is 112 Å². The molecule has 0 saturated carbocycles. The Bertz CT molecular complexity index is 751. The number of imidazole rings is 1. The number of hydrogen-bond acceptors (Lipinski definition) is 2. The second-order valence-corrected chi connectivity index (χ2v) is 4.73. The molecule has 3 rings (SSSR count). The van der Waals surface area contributed by atoms with Gasteiger partial charge >= 0.3 is 0 Å². The topological polar surface area (TPSA) is 41.1 Å². The molecule has 2 aromatic heterocycles. The number of nitriles is 1. The summed E-state index contributed by atoms with van der Waals surface area (Å²) in [6.45, 7) is 0. The molecular weight excluding hydrogens is 290 g/mol. The third-order valence-electron chi connectivity index (χ3n) is 2.80. The molecule has 86 valence electrons. The van der Waals surface area contributed by atoms with Crippen LogP contribution in [0, 0.1) is 11.3 Å². The van der Waals surface area contributed by atoms with Gasteiger partial charge in [0.15, 0.2) is 0 Å². The molecule has 0 aliphatic rings. The second kappa shape index (κ2) is 4.28. The first-order chi connectivity index (χ1) is 8.79. The molecule has 0 spiro atoms. The summed E-state index contributed by atoms with van der Waals surface area (Å²) in [5.41, 5.74) is 3.64. The van der Waals surface area contributed by atoms with Gasteiger partial charge in [0.2, 0.25) is 0 Å². The molecule has 0 atom stereocenters. The number of halogens is 1. The zero-order valence-corrected chi connectivity index (χ0v) is 10.9. The maximum Gasteiger partial charge on any atom is 0.137 e. The van der Waals surface area contributed by atoms with E-state index in [1.807, 2.05) is 47.0 Å². The average Bonchev–Trinajstić information content (AvgIpc) is 2.87. The summed E-state index contributed by atoms with van der Waals surface area (Å²) in [7, 11) is 0. The minimum absolute atomic E-state index is 0.660. The molecule has 0 bridgehead atoms. The molecular formula is C14H8BrN3. The minimum Gasteiger partial charge on any atom is -0.299 e. The molecule has 0 amide bonds. The lowest BCUT2D eigenvalue weighted by atomic mass is 10.1. The van der Waals surface area contributed by atoms with E-state index in [1.54, 1.807) is 6.20 Å². The van der Waals surface area contributed by atoms with Gasteiger partial charge in [-0.25, -0.2) is 4.98 Å². The summed E-state index contributed by atoms with van der Waals surface area (Å²) in [5.74, 6) is 0. The molecule has 3 aromatic rings. The zero-order chi connectivity index (χ0) is 12.5. The highest BCUT2D eigenvalue weighted by atomic mass is 79.9. The van der Waals surface area contributed by atoms with E-state index < -0.39 is 0 Å². The highest BCUT2D eigenvalue weighted by Gasteiger charge is 2.08. The van der Waals surface area contributed by atoms with E-state index in [-0.39, 0.29) is 0 Å². The molecule has 4 heteroatoms. The molecule has 3 nitrogen and oxygen atoms in total. The van der Waals surface area contributed by atoms with Gasteiger partial charge in [0.05, 0.1) is 17.3 Å². The van der Waals surface area contributed by atoms with Gasteiger partial charge in [0.1, 0.15) is 5.65 Å². The molecule has 18 heavy (non-hydrogen) atoms. The van der Waals surface area contributed by atoms with Gasteiger partial charge in [0, 0.05) is 16.9 Å². The van der Waals surface area contributed by atoms with E-state index in [9.17, 15) is 0 Å². The predicted octanol–water partition coefficient (Wildman–Crippen LogP) is 3.64. The number of nitrogens with zero attached hydrogens (tertiary/aromatic N) is 3. The van der Waals surface area contributed by atoms with Gasteiger partial charge in [0.25, 0.3) is 0 Å². The van der Waals surface area contributed by atoms with E-state index in [4.69, 9.17) is 5.26 Å².